The Morgan fingerprint density at radius 1 is 1.26 bits per heavy atom. The highest BCUT2D eigenvalue weighted by atomic mass is 16.6. The molecule has 1 unspecified atom stereocenters. The summed E-state index contributed by atoms with van der Waals surface area (Å²) in [5.74, 6) is -3.03. The highest BCUT2D eigenvalue weighted by Crippen LogP contribution is 2.32. The van der Waals surface area contributed by atoms with E-state index in [-0.39, 0.29) is 11.1 Å². The third-order valence-electron chi connectivity index (χ3n) is 3.67. The third kappa shape index (κ3) is 2.45. The van der Waals surface area contributed by atoms with Gasteiger partial charge in [-0.3, -0.25) is 39.1 Å². The Labute approximate surface area is 130 Å². The first kappa shape index (κ1) is 16.3. The summed E-state index contributed by atoms with van der Waals surface area (Å²) in [7, 11) is 1.22. The van der Waals surface area contributed by atoms with Crippen molar-refractivity contribution in [3.05, 3.63) is 39.4 Å². The monoisotopic (exact) mass is 319 g/mol. The standard InChI is InChI=1S/C14H13N3O6/c1-7(12(19)15(3)8(2)18)16-13(20)9-5-4-6-10(17(22)23)11(9)14(16)21/h4-7H,1-3H3. The van der Waals surface area contributed by atoms with Crippen molar-refractivity contribution in [1.82, 2.24) is 9.80 Å². The minimum atomic E-state index is -1.25. The van der Waals surface area contributed by atoms with Crippen molar-refractivity contribution in [3.8, 4) is 0 Å². The van der Waals surface area contributed by atoms with Crippen LogP contribution >= 0.6 is 0 Å². The fourth-order valence-electron chi connectivity index (χ4n) is 2.34. The van der Waals surface area contributed by atoms with E-state index in [4.69, 9.17) is 0 Å². The fourth-order valence-corrected chi connectivity index (χ4v) is 2.34. The van der Waals surface area contributed by atoms with Gasteiger partial charge in [-0.1, -0.05) is 6.07 Å². The number of imide groups is 2. The smallest absolute Gasteiger partial charge is 0.282 e. The first-order valence-electron chi connectivity index (χ1n) is 6.62. The number of nitrogens with zero attached hydrogens (tertiary/aromatic N) is 3. The molecule has 4 amide bonds. The van der Waals surface area contributed by atoms with Crippen LogP contribution in [0.25, 0.3) is 0 Å². The second kappa shape index (κ2) is 5.59. The number of fused-ring (bicyclic) bond motifs is 1. The van der Waals surface area contributed by atoms with Crippen LogP contribution in [0.5, 0.6) is 0 Å². The molecule has 0 saturated heterocycles. The highest BCUT2D eigenvalue weighted by Gasteiger charge is 2.45. The zero-order chi connectivity index (χ0) is 17.5. The minimum Gasteiger partial charge on any atom is -0.284 e. The number of rotatable bonds is 3. The summed E-state index contributed by atoms with van der Waals surface area (Å²) in [5.41, 5.74) is -0.968. The second-order valence-corrected chi connectivity index (χ2v) is 5.03. The predicted molar refractivity (Wildman–Crippen MR) is 76.5 cm³/mol. The van der Waals surface area contributed by atoms with Gasteiger partial charge < -0.3 is 0 Å². The SMILES string of the molecule is CC(=O)N(C)C(=O)C(C)N1C(=O)c2cccc([N+](=O)[O-])c2C1=O. The fraction of sp³-hybridized carbons (Fsp3) is 0.286. The third-order valence-corrected chi connectivity index (χ3v) is 3.67. The lowest BCUT2D eigenvalue weighted by atomic mass is 10.1. The zero-order valence-electron chi connectivity index (χ0n) is 12.6. The van der Waals surface area contributed by atoms with Gasteiger partial charge in [0.2, 0.25) is 5.91 Å². The number of likely N-dealkylation sites (N-methyl/N-ethyl adjacent to an activating group) is 1. The van der Waals surface area contributed by atoms with E-state index in [1.807, 2.05) is 0 Å². The lowest BCUT2D eigenvalue weighted by molar-refractivity contribution is -0.385. The number of nitro benzene ring substituents is 1. The normalized spacial score (nSPS) is 14.5. The predicted octanol–water partition coefficient (Wildman–Crippen LogP) is 0.584. The van der Waals surface area contributed by atoms with Gasteiger partial charge in [-0.25, -0.2) is 0 Å². The van der Waals surface area contributed by atoms with Crippen molar-refractivity contribution in [2.45, 2.75) is 19.9 Å². The lowest BCUT2D eigenvalue weighted by Crippen LogP contribution is -2.49. The molecule has 9 nitrogen and oxygen atoms in total. The van der Waals surface area contributed by atoms with Crippen LogP contribution in [0, 0.1) is 10.1 Å². The molecule has 1 atom stereocenters. The first-order valence-corrected chi connectivity index (χ1v) is 6.62. The van der Waals surface area contributed by atoms with Gasteiger partial charge in [0.05, 0.1) is 10.5 Å². The molecule has 0 spiro atoms. The van der Waals surface area contributed by atoms with Crippen LogP contribution < -0.4 is 0 Å². The summed E-state index contributed by atoms with van der Waals surface area (Å²) in [5, 5.41) is 11.0. The van der Waals surface area contributed by atoms with Gasteiger partial charge in [0.1, 0.15) is 11.6 Å². The molecule has 0 bridgehead atoms. The van der Waals surface area contributed by atoms with Crippen LogP contribution in [0.3, 0.4) is 0 Å². The molecule has 0 aromatic heterocycles. The van der Waals surface area contributed by atoms with Crippen molar-refractivity contribution >= 4 is 29.3 Å². The van der Waals surface area contributed by atoms with Gasteiger partial charge in [-0.2, -0.15) is 0 Å². The molecule has 0 fully saturated rings. The van der Waals surface area contributed by atoms with E-state index >= 15 is 0 Å². The van der Waals surface area contributed by atoms with E-state index in [0.717, 1.165) is 17.9 Å². The molecule has 0 radical (unpaired) electrons. The number of hydrogen-bond acceptors (Lipinski definition) is 6. The molecule has 0 aliphatic carbocycles. The Kier molecular flexibility index (Phi) is 3.96. The van der Waals surface area contributed by atoms with Gasteiger partial charge in [-0.15, -0.1) is 0 Å². The van der Waals surface area contributed by atoms with E-state index in [1.165, 1.54) is 26.1 Å². The number of hydrogen-bond donors (Lipinski definition) is 0. The molecular weight excluding hydrogens is 306 g/mol. The van der Waals surface area contributed by atoms with E-state index in [2.05, 4.69) is 0 Å². The molecule has 0 N–H and O–H groups in total. The number of carbonyl (C=O) groups is 4. The molecule has 1 aromatic rings. The van der Waals surface area contributed by atoms with Crippen LogP contribution in [-0.2, 0) is 9.59 Å². The van der Waals surface area contributed by atoms with Crippen LogP contribution in [-0.4, -0.2) is 51.4 Å². The molecule has 1 aromatic carbocycles. The van der Waals surface area contributed by atoms with E-state index in [9.17, 15) is 29.3 Å². The number of amides is 4. The molecule has 9 heteroatoms. The second-order valence-electron chi connectivity index (χ2n) is 5.03. The van der Waals surface area contributed by atoms with Crippen molar-refractivity contribution in [3.63, 3.8) is 0 Å². The van der Waals surface area contributed by atoms with Gasteiger partial charge in [0, 0.05) is 20.0 Å². The Morgan fingerprint density at radius 3 is 2.39 bits per heavy atom. The van der Waals surface area contributed by atoms with Gasteiger partial charge in [-0.05, 0) is 13.0 Å². The van der Waals surface area contributed by atoms with Crippen LogP contribution in [0.2, 0.25) is 0 Å². The van der Waals surface area contributed by atoms with Gasteiger partial charge >= 0.3 is 0 Å². The average molecular weight is 319 g/mol. The Morgan fingerprint density at radius 2 is 1.87 bits per heavy atom. The zero-order valence-corrected chi connectivity index (χ0v) is 12.6. The molecule has 1 heterocycles. The molecule has 1 aliphatic rings. The topological polar surface area (TPSA) is 118 Å². The summed E-state index contributed by atoms with van der Waals surface area (Å²) in [6, 6.07) is 2.44. The van der Waals surface area contributed by atoms with Crippen molar-refractivity contribution in [2.24, 2.45) is 0 Å². The average Bonchev–Trinajstić information content (AvgIpc) is 2.76. The van der Waals surface area contributed by atoms with Crippen molar-refractivity contribution in [1.29, 1.82) is 0 Å². The Hall–Kier alpha value is -3.10. The summed E-state index contributed by atoms with van der Waals surface area (Å²) in [6.45, 7) is 2.45. The molecular formula is C14H13N3O6. The van der Waals surface area contributed by atoms with Gasteiger partial charge in [0.25, 0.3) is 23.4 Å². The van der Waals surface area contributed by atoms with Gasteiger partial charge in [0.15, 0.2) is 0 Å². The number of carbonyl (C=O) groups excluding carboxylic acids is 4. The molecule has 120 valence electrons. The summed E-state index contributed by atoms with van der Waals surface area (Å²) in [6.07, 6.45) is 0. The summed E-state index contributed by atoms with van der Waals surface area (Å²) < 4.78 is 0. The number of nitro groups is 1. The maximum absolute atomic E-state index is 12.4. The maximum atomic E-state index is 12.4. The molecule has 1 aliphatic heterocycles. The van der Waals surface area contributed by atoms with Crippen LogP contribution in [0.15, 0.2) is 18.2 Å². The first-order chi connectivity index (χ1) is 10.7. The highest BCUT2D eigenvalue weighted by molar-refractivity contribution is 6.24. The number of benzene rings is 1. The van der Waals surface area contributed by atoms with E-state index in [0.29, 0.717) is 4.90 Å². The van der Waals surface area contributed by atoms with Crippen LogP contribution in [0.4, 0.5) is 5.69 Å². The quantitative estimate of drug-likeness (QED) is 0.457. The maximum Gasteiger partial charge on any atom is 0.282 e. The summed E-state index contributed by atoms with van der Waals surface area (Å²) in [4.78, 5) is 59.9. The lowest BCUT2D eigenvalue weighted by Gasteiger charge is -2.24. The molecule has 2 rings (SSSR count). The largest absolute Gasteiger partial charge is 0.284 e. The van der Waals surface area contributed by atoms with E-state index in [1.54, 1.807) is 0 Å². The Bertz CT molecular complexity index is 757. The minimum absolute atomic E-state index is 0.130. The van der Waals surface area contributed by atoms with Crippen molar-refractivity contribution in [2.75, 3.05) is 7.05 Å². The molecule has 0 saturated carbocycles. The van der Waals surface area contributed by atoms with Crippen LogP contribution in [0.1, 0.15) is 34.6 Å². The van der Waals surface area contributed by atoms with Crippen molar-refractivity contribution < 1.29 is 24.1 Å². The summed E-state index contributed by atoms with van der Waals surface area (Å²) >= 11 is 0. The Balaban J connectivity index is 2.45. The molecule has 23 heavy (non-hydrogen) atoms. The van der Waals surface area contributed by atoms with E-state index < -0.39 is 40.3 Å².